The number of aryl methyl sites for hydroxylation is 3. The molecule has 3 aromatic carbocycles. The molecule has 8 heteroatoms. The van der Waals surface area contributed by atoms with Crippen molar-refractivity contribution in [1.29, 1.82) is 0 Å². The fourth-order valence-electron chi connectivity index (χ4n) is 4.91. The number of nitrogens with one attached hydrogen (secondary N) is 2. The van der Waals surface area contributed by atoms with Gasteiger partial charge in [0.05, 0.1) is 12.0 Å². The molecule has 0 bridgehead atoms. The van der Waals surface area contributed by atoms with Crippen LogP contribution >= 0.6 is 27.7 Å². The Hall–Kier alpha value is -3.10. The minimum Gasteiger partial charge on any atom is -0.351 e. The van der Waals surface area contributed by atoms with Gasteiger partial charge < -0.3 is 10.6 Å². The Kier molecular flexibility index (Phi) is 7.40. The van der Waals surface area contributed by atoms with E-state index in [1.165, 1.54) is 11.1 Å². The molecule has 0 fully saturated rings. The first-order chi connectivity index (χ1) is 17.8. The third-order valence-corrected chi connectivity index (χ3v) is 8.10. The number of amides is 1. The molecule has 37 heavy (non-hydrogen) atoms. The van der Waals surface area contributed by atoms with Crippen LogP contribution in [0.1, 0.15) is 40.8 Å². The number of nitrogens with zero attached hydrogens (tertiary/aromatic N) is 3. The lowest BCUT2D eigenvalue weighted by molar-refractivity contribution is -0.121. The molecule has 0 spiro atoms. The molecule has 2 heterocycles. The van der Waals surface area contributed by atoms with Gasteiger partial charge >= 0.3 is 0 Å². The lowest BCUT2D eigenvalue weighted by atomic mass is 9.85. The quantitative estimate of drug-likeness (QED) is 0.244. The van der Waals surface area contributed by atoms with Crippen LogP contribution in [0.15, 0.2) is 76.4 Å². The molecular formula is C29H30BrN5OS. The Balaban J connectivity index is 1.48. The van der Waals surface area contributed by atoms with Crippen molar-refractivity contribution in [1.82, 2.24) is 14.8 Å². The van der Waals surface area contributed by atoms with Crippen LogP contribution in [0.4, 0.5) is 11.6 Å². The summed E-state index contributed by atoms with van der Waals surface area (Å²) in [7, 11) is 0. The summed E-state index contributed by atoms with van der Waals surface area (Å²) in [5, 5.41) is 12.2. The first kappa shape index (κ1) is 25.5. The molecule has 0 saturated heterocycles. The van der Waals surface area contributed by atoms with E-state index < -0.39 is 5.92 Å². The van der Waals surface area contributed by atoms with Crippen molar-refractivity contribution < 1.29 is 4.79 Å². The second-order valence-corrected chi connectivity index (χ2v) is 11.6. The summed E-state index contributed by atoms with van der Waals surface area (Å²) >= 11 is 5.21. The number of thioether (sulfide) groups is 1. The predicted octanol–water partition coefficient (Wildman–Crippen LogP) is 6.92. The Labute approximate surface area is 230 Å². The van der Waals surface area contributed by atoms with E-state index in [2.05, 4.69) is 82.9 Å². The molecule has 2 N–H and O–H groups in total. The molecule has 4 aromatic rings. The van der Waals surface area contributed by atoms with Crippen LogP contribution in [0.5, 0.6) is 0 Å². The average Bonchev–Trinajstić information content (AvgIpc) is 3.26. The molecular weight excluding hydrogens is 546 g/mol. The van der Waals surface area contributed by atoms with Crippen LogP contribution in [0.3, 0.4) is 0 Å². The van der Waals surface area contributed by atoms with Crippen molar-refractivity contribution >= 4 is 45.2 Å². The van der Waals surface area contributed by atoms with Crippen molar-refractivity contribution in [2.75, 3.05) is 10.6 Å². The fourth-order valence-corrected chi connectivity index (χ4v) is 6.09. The number of benzene rings is 3. The number of hydrogen-bond acceptors (Lipinski definition) is 5. The van der Waals surface area contributed by atoms with Gasteiger partial charge in [0.1, 0.15) is 0 Å². The first-order valence-electron chi connectivity index (χ1n) is 12.3. The lowest BCUT2D eigenvalue weighted by Gasteiger charge is -2.37. The molecule has 190 valence electrons. The highest BCUT2D eigenvalue weighted by Gasteiger charge is 2.42. The minimum atomic E-state index is -0.404. The summed E-state index contributed by atoms with van der Waals surface area (Å²) in [6.45, 7) is 8.20. The molecule has 3 atom stereocenters. The Bertz CT molecular complexity index is 1450. The third kappa shape index (κ3) is 5.60. The van der Waals surface area contributed by atoms with Gasteiger partial charge in [-0.3, -0.25) is 4.79 Å². The lowest BCUT2D eigenvalue weighted by Crippen LogP contribution is -2.46. The topological polar surface area (TPSA) is 71.8 Å². The van der Waals surface area contributed by atoms with Gasteiger partial charge in [-0.2, -0.15) is 4.98 Å². The zero-order valence-electron chi connectivity index (χ0n) is 21.3. The van der Waals surface area contributed by atoms with Gasteiger partial charge in [0.15, 0.2) is 0 Å². The van der Waals surface area contributed by atoms with E-state index in [-0.39, 0.29) is 18.0 Å². The van der Waals surface area contributed by atoms with Gasteiger partial charge in [-0.05, 0) is 62.6 Å². The summed E-state index contributed by atoms with van der Waals surface area (Å²) in [5.41, 5.74) is 6.50. The van der Waals surface area contributed by atoms with E-state index in [1.807, 2.05) is 42.8 Å². The number of carbonyl (C=O) groups excluding carboxylic acids is 1. The molecule has 6 nitrogen and oxygen atoms in total. The average molecular weight is 577 g/mol. The molecule has 0 radical (unpaired) electrons. The zero-order valence-corrected chi connectivity index (χ0v) is 23.7. The van der Waals surface area contributed by atoms with Crippen LogP contribution in [-0.2, 0) is 10.5 Å². The van der Waals surface area contributed by atoms with Gasteiger partial charge in [0, 0.05) is 22.0 Å². The SMILES string of the molecule is Cc1cccc(CSc2nc3n(n2)[C@@H](c2cccc(Br)c2)[C@@H](C(=O)Nc2ccc(C)cc2C)[C@@H](C)N3)c1. The largest absolute Gasteiger partial charge is 0.351 e. The number of fused-ring (bicyclic) bond motifs is 1. The molecule has 1 aromatic heterocycles. The maximum atomic E-state index is 13.8. The third-order valence-electron chi connectivity index (χ3n) is 6.69. The summed E-state index contributed by atoms with van der Waals surface area (Å²) < 4.78 is 2.84. The van der Waals surface area contributed by atoms with E-state index in [1.54, 1.807) is 11.8 Å². The fraction of sp³-hybridized carbons (Fsp3) is 0.276. The van der Waals surface area contributed by atoms with E-state index in [0.29, 0.717) is 11.1 Å². The van der Waals surface area contributed by atoms with Crippen molar-refractivity contribution in [3.05, 3.63) is 99.0 Å². The van der Waals surface area contributed by atoms with Crippen LogP contribution in [0.2, 0.25) is 0 Å². The van der Waals surface area contributed by atoms with Gasteiger partial charge in [-0.25, -0.2) is 4.68 Å². The summed E-state index contributed by atoms with van der Waals surface area (Å²) in [6, 6.07) is 22.2. The number of hydrogen-bond donors (Lipinski definition) is 2. The summed E-state index contributed by atoms with van der Waals surface area (Å²) in [6.07, 6.45) is 0. The van der Waals surface area contributed by atoms with Gasteiger partial charge in [0.2, 0.25) is 17.0 Å². The smallest absolute Gasteiger partial charge is 0.232 e. The Morgan fingerprint density at radius 1 is 1.05 bits per heavy atom. The highest BCUT2D eigenvalue weighted by atomic mass is 79.9. The Morgan fingerprint density at radius 3 is 2.59 bits per heavy atom. The number of rotatable bonds is 6. The van der Waals surface area contributed by atoms with E-state index in [4.69, 9.17) is 10.1 Å². The molecule has 1 aliphatic rings. The second kappa shape index (κ2) is 10.7. The predicted molar refractivity (Wildman–Crippen MR) is 154 cm³/mol. The summed E-state index contributed by atoms with van der Waals surface area (Å²) in [5.74, 6) is 1.00. The first-order valence-corrected chi connectivity index (χ1v) is 14.1. The Morgan fingerprint density at radius 2 is 1.84 bits per heavy atom. The number of carbonyl (C=O) groups is 1. The van der Waals surface area contributed by atoms with Crippen LogP contribution < -0.4 is 10.6 Å². The standard InChI is InChI=1S/C29H30BrN5OS/c1-17-7-5-8-21(14-17)16-37-29-33-28-31-20(4)25(27(36)32-24-12-11-18(2)13-19(24)3)26(35(28)34-29)22-9-6-10-23(30)15-22/h5-15,20,25-26H,16H2,1-4H3,(H,32,36)(H,31,33,34)/t20-,25+,26+/m1/s1. The monoisotopic (exact) mass is 575 g/mol. The van der Waals surface area contributed by atoms with Crippen molar-refractivity contribution in [3.8, 4) is 0 Å². The molecule has 0 unspecified atom stereocenters. The minimum absolute atomic E-state index is 0.0490. The number of halogens is 1. The van der Waals surface area contributed by atoms with Crippen molar-refractivity contribution in [2.24, 2.45) is 5.92 Å². The number of anilines is 2. The van der Waals surface area contributed by atoms with E-state index >= 15 is 0 Å². The molecule has 0 saturated carbocycles. The molecule has 5 rings (SSSR count). The normalized spacial score (nSPS) is 18.7. The highest BCUT2D eigenvalue weighted by Crippen LogP contribution is 2.39. The number of aromatic nitrogens is 3. The second-order valence-electron chi connectivity index (χ2n) is 9.71. The van der Waals surface area contributed by atoms with Crippen molar-refractivity contribution in [3.63, 3.8) is 0 Å². The maximum Gasteiger partial charge on any atom is 0.232 e. The van der Waals surface area contributed by atoms with E-state index in [9.17, 15) is 4.79 Å². The van der Waals surface area contributed by atoms with Crippen LogP contribution in [0, 0.1) is 26.7 Å². The molecule has 1 aliphatic heterocycles. The van der Waals surface area contributed by atoms with Gasteiger partial charge in [0.25, 0.3) is 0 Å². The van der Waals surface area contributed by atoms with Crippen LogP contribution in [0.25, 0.3) is 0 Å². The summed E-state index contributed by atoms with van der Waals surface area (Å²) in [4.78, 5) is 18.6. The molecule has 0 aliphatic carbocycles. The van der Waals surface area contributed by atoms with Crippen molar-refractivity contribution in [2.45, 2.75) is 50.7 Å². The van der Waals surface area contributed by atoms with E-state index in [0.717, 1.165) is 32.6 Å². The zero-order chi connectivity index (χ0) is 26.1. The maximum absolute atomic E-state index is 13.8. The van der Waals surface area contributed by atoms with Crippen LogP contribution in [-0.4, -0.2) is 26.7 Å². The highest BCUT2D eigenvalue weighted by molar-refractivity contribution is 9.10. The van der Waals surface area contributed by atoms with Gasteiger partial charge in [-0.15, -0.1) is 5.10 Å². The van der Waals surface area contributed by atoms with Gasteiger partial charge in [-0.1, -0.05) is 87.3 Å². The molecule has 1 amide bonds.